The first-order valence-electron chi connectivity index (χ1n) is 6.95. The van der Waals surface area contributed by atoms with E-state index in [4.69, 9.17) is 0 Å². The highest BCUT2D eigenvalue weighted by Crippen LogP contribution is 2.21. The third kappa shape index (κ3) is 3.14. The first-order chi connectivity index (χ1) is 10.4. The van der Waals surface area contributed by atoms with Crippen molar-refractivity contribution in [3.8, 4) is 0 Å². The summed E-state index contributed by atoms with van der Waals surface area (Å²) in [6.45, 7) is 4.05. The second kappa shape index (κ2) is 6.39. The fourth-order valence-electron chi connectivity index (χ4n) is 2.34. The van der Waals surface area contributed by atoms with Gasteiger partial charge in [0.25, 0.3) is 11.6 Å². The van der Waals surface area contributed by atoms with E-state index < -0.39 is 4.92 Å². The lowest BCUT2D eigenvalue weighted by molar-refractivity contribution is -0.385. The molecular formula is C17H18N2O3. The fourth-order valence-corrected chi connectivity index (χ4v) is 2.34. The van der Waals surface area contributed by atoms with Crippen LogP contribution in [0, 0.1) is 24.0 Å². The summed E-state index contributed by atoms with van der Waals surface area (Å²) in [6.07, 6.45) is 0. The van der Waals surface area contributed by atoms with Gasteiger partial charge >= 0.3 is 0 Å². The molecule has 0 spiro atoms. The molecule has 22 heavy (non-hydrogen) atoms. The van der Waals surface area contributed by atoms with E-state index in [0.29, 0.717) is 11.1 Å². The molecule has 114 valence electrons. The molecule has 2 aromatic carbocycles. The van der Waals surface area contributed by atoms with Crippen LogP contribution in [0.5, 0.6) is 0 Å². The van der Waals surface area contributed by atoms with E-state index in [-0.39, 0.29) is 18.1 Å². The highest BCUT2D eigenvalue weighted by molar-refractivity contribution is 5.95. The molecule has 5 nitrogen and oxygen atoms in total. The number of benzene rings is 2. The van der Waals surface area contributed by atoms with Gasteiger partial charge in [0.2, 0.25) is 0 Å². The number of hydrogen-bond donors (Lipinski definition) is 0. The Bertz CT molecular complexity index is 726. The topological polar surface area (TPSA) is 63.5 Å². The second-order valence-corrected chi connectivity index (χ2v) is 5.29. The number of hydrogen-bond acceptors (Lipinski definition) is 3. The molecule has 5 heteroatoms. The van der Waals surface area contributed by atoms with Crippen LogP contribution in [0.1, 0.15) is 27.0 Å². The lowest BCUT2D eigenvalue weighted by atomic mass is 10.0. The molecule has 0 radical (unpaired) electrons. The maximum Gasteiger partial charge on any atom is 0.274 e. The minimum absolute atomic E-state index is 0.0307. The molecule has 2 aromatic rings. The van der Waals surface area contributed by atoms with Gasteiger partial charge in [0.05, 0.1) is 11.5 Å². The zero-order valence-corrected chi connectivity index (χ0v) is 12.9. The van der Waals surface area contributed by atoms with Crippen LogP contribution in [0.2, 0.25) is 0 Å². The number of nitrogens with zero attached hydrogens (tertiary/aromatic N) is 2. The summed E-state index contributed by atoms with van der Waals surface area (Å²) in [7, 11) is 1.65. The van der Waals surface area contributed by atoms with Gasteiger partial charge in [-0.3, -0.25) is 14.9 Å². The summed E-state index contributed by atoms with van der Waals surface area (Å²) < 4.78 is 0. The molecule has 0 bridgehead atoms. The summed E-state index contributed by atoms with van der Waals surface area (Å²) in [5, 5.41) is 11.0. The monoisotopic (exact) mass is 298 g/mol. The molecule has 0 N–H and O–H groups in total. The summed E-state index contributed by atoms with van der Waals surface area (Å²) in [5.41, 5.74) is 3.16. The number of amides is 1. The average molecular weight is 298 g/mol. The highest BCUT2D eigenvalue weighted by Gasteiger charge is 2.19. The van der Waals surface area contributed by atoms with Crippen molar-refractivity contribution in [2.75, 3.05) is 7.05 Å². The molecule has 0 aromatic heterocycles. The van der Waals surface area contributed by atoms with Gasteiger partial charge in [0.1, 0.15) is 0 Å². The van der Waals surface area contributed by atoms with E-state index in [1.807, 2.05) is 26.0 Å². The van der Waals surface area contributed by atoms with Crippen molar-refractivity contribution < 1.29 is 9.72 Å². The molecule has 0 aliphatic heterocycles. The predicted molar refractivity (Wildman–Crippen MR) is 84.8 cm³/mol. The Kier molecular flexibility index (Phi) is 4.56. The van der Waals surface area contributed by atoms with E-state index >= 15 is 0 Å². The molecule has 2 rings (SSSR count). The molecule has 0 aliphatic carbocycles. The van der Waals surface area contributed by atoms with Crippen LogP contribution in [0.4, 0.5) is 5.69 Å². The zero-order valence-electron chi connectivity index (χ0n) is 12.9. The van der Waals surface area contributed by atoms with Crippen LogP contribution >= 0.6 is 0 Å². The Morgan fingerprint density at radius 1 is 1.14 bits per heavy atom. The van der Waals surface area contributed by atoms with Crippen molar-refractivity contribution in [1.82, 2.24) is 4.90 Å². The van der Waals surface area contributed by atoms with Gasteiger partial charge in [-0.15, -0.1) is 0 Å². The molecule has 0 heterocycles. The minimum atomic E-state index is -0.425. The van der Waals surface area contributed by atoms with Crippen LogP contribution in [-0.2, 0) is 6.54 Å². The standard InChI is InChI=1S/C17H18N2O3/c1-12-7-6-9-15(13(12)2)17(20)18(3)11-14-8-4-5-10-16(14)19(21)22/h4-10H,11H2,1-3H3. The molecule has 0 fully saturated rings. The van der Waals surface area contributed by atoms with Crippen LogP contribution < -0.4 is 0 Å². The number of aryl methyl sites for hydroxylation is 1. The lowest BCUT2D eigenvalue weighted by Crippen LogP contribution is -2.27. The van der Waals surface area contributed by atoms with Gasteiger partial charge in [0, 0.05) is 24.2 Å². The van der Waals surface area contributed by atoms with Gasteiger partial charge in [-0.25, -0.2) is 0 Å². The molecule has 0 unspecified atom stereocenters. The summed E-state index contributed by atoms with van der Waals surface area (Å²) >= 11 is 0. The van der Waals surface area contributed by atoms with Gasteiger partial charge in [0.15, 0.2) is 0 Å². The predicted octanol–water partition coefficient (Wildman–Crippen LogP) is 3.48. The Labute approximate surface area is 129 Å². The van der Waals surface area contributed by atoms with Crippen LogP contribution in [0.3, 0.4) is 0 Å². The Morgan fingerprint density at radius 2 is 1.82 bits per heavy atom. The van der Waals surface area contributed by atoms with Gasteiger partial charge < -0.3 is 4.90 Å². The zero-order chi connectivity index (χ0) is 16.3. The van der Waals surface area contributed by atoms with E-state index in [1.54, 1.807) is 31.3 Å². The molecule has 1 amide bonds. The molecule has 0 saturated carbocycles. The number of nitro benzene ring substituents is 1. The molecule has 0 aliphatic rings. The highest BCUT2D eigenvalue weighted by atomic mass is 16.6. The average Bonchev–Trinajstić information content (AvgIpc) is 2.49. The van der Waals surface area contributed by atoms with Crippen molar-refractivity contribution in [3.05, 3.63) is 74.8 Å². The van der Waals surface area contributed by atoms with Gasteiger partial charge in [-0.05, 0) is 31.0 Å². The maximum absolute atomic E-state index is 12.6. The van der Waals surface area contributed by atoms with Crippen molar-refractivity contribution in [2.45, 2.75) is 20.4 Å². The largest absolute Gasteiger partial charge is 0.337 e. The van der Waals surface area contributed by atoms with E-state index in [1.165, 1.54) is 11.0 Å². The number of nitro groups is 1. The quantitative estimate of drug-likeness (QED) is 0.641. The van der Waals surface area contributed by atoms with Gasteiger partial charge in [-0.1, -0.05) is 30.3 Å². The van der Waals surface area contributed by atoms with Crippen LogP contribution in [-0.4, -0.2) is 22.8 Å². The minimum Gasteiger partial charge on any atom is -0.337 e. The maximum atomic E-state index is 12.6. The van der Waals surface area contributed by atoms with E-state index in [0.717, 1.165) is 11.1 Å². The van der Waals surface area contributed by atoms with Crippen molar-refractivity contribution in [3.63, 3.8) is 0 Å². The third-order valence-electron chi connectivity index (χ3n) is 3.78. The first-order valence-corrected chi connectivity index (χ1v) is 6.95. The first kappa shape index (κ1) is 15.7. The molecule has 0 saturated heterocycles. The second-order valence-electron chi connectivity index (χ2n) is 5.29. The lowest BCUT2D eigenvalue weighted by Gasteiger charge is -2.19. The third-order valence-corrected chi connectivity index (χ3v) is 3.78. The molecular weight excluding hydrogens is 280 g/mol. The normalized spacial score (nSPS) is 10.3. The smallest absolute Gasteiger partial charge is 0.274 e. The fraction of sp³-hybridized carbons (Fsp3) is 0.235. The number of para-hydroxylation sites is 1. The van der Waals surface area contributed by atoms with E-state index in [9.17, 15) is 14.9 Å². The Balaban J connectivity index is 2.26. The summed E-state index contributed by atoms with van der Waals surface area (Å²) in [4.78, 5) is 24.7. The van der Waals surface area contributed by atoms with Crippen molar-refractivity contribution in [2.24, 2.45) is 0 Å². The summed E-state index contributed by atoms with van der Waals surface area (Å²) in [5.74, 6) is -0.139. The Morgan fingerprint density at radius 3 is 2.50 bits per heavy atom. The number of carbonyl (C=O) groups excluding carboxylic acids is 1. The SMILES string of the molecule is Cc1cccc(C(=O)N(C)Cc2ccccc2[N+](=O)[O-])c1C. The summed E-state index contributed by atoms with van der Waals surface area (Å²) in [6, 6.07) is 12.0. The van der Waals surface area contributed by atoms with Crippen LogP contribution in [0.25, 0.3) is 0 Å². The van der Waals surface area contributed by atoms with Crippen molar-refractivity contribution in [1.29, 1.82) is 0 Å². The van der Waals surface area contributed by atoms with Crippen molar-refractivity contribution >= 4 is 11.6 Å². The number of rotatable bonds is 4. The Hall–Kier alpha value is -2.69. The molecule has 0 atom stereocenters. The van der Waals surface area contributed by atoms with Gasteiger partial charge in [-0.2, -0.15) is 0 Å². The van der Waals surface area contributed by atoms with E-state index in [2.05, 4.69) is 0 Å². The van der Waals surface area contributed by atoms with Crippen LogP contribution in [0.15, 0.2) is 42.5 Å². The number of carbonyl (C=O) groups is 1.